The minimum atomic E-state index is 0.300. The molecule has 0 fully saturated rings. The minimum Gasteiger partial charge on any atom is -0.494 e. The van der Waals surface area contributed by atoms with E-state index in [0.29, 0.717) is 36.3 Å². The van der Waals surface area contributed by atoms with Gasteiger partial charge in [-0.05, 0) is 28.5 Å². The number of anilines is 1. The topological polar surface area (TPSA) is 88.1 Å². The van der Waals surface area contributed by atoms with E-state index in [1.54, 1.807) is 25.0 Å². The molecule has 0 bridgehead atoms. The van der Waals surface area contributed by atoms with Crippen molar-refractivity contribution in [1.29, 1.82) is 0 Å². The van der Waals surface area contributed by atoms with Gasteiger partial charge in [0.25, 0.3) is 0 Å². The third-order valence-electron chi connectivity index (χ3n) is 2.96. The molecule has 7 nitrogen and oxygen atoms in total. The molecule has 0 aliphatic rings. The summed E-state index contributed by atoms with van der Waals surface area (Å²) in [5.74, 6) is 1.52. The molecule has 7 heteroatoms. The fraction of sp³-hybridized carbons (Fsp3) is 0.462. The number of nitrogens with zero attached hydrogens (tertiary/aromatic N) is 4. The number of nitrogens with two attached hydrogens (primary N) is 1. The van der Waals surface area contributed by atoms with E-state index in [9.17, 15) is 0 Å². The molecular weight excluding hydrogens is 258 g/mol. The number of aromatic nitrogens is 4. The molecule has 2 rings (SSSR count). The Balaban J connectivity index is 2.35. The maximum atomic E-state index is 5.91. The van der Waals surface area contributed by atoms with Crippen LogP contribution in [-0.2, 0) is 11.3 Å². The molecule has 1 unspecified atom stereocenters. The Morgan fingerprint density at radius 2 is 2.15 bits per heavy atom. The van der Waals surface area contributed by atoms with Crippen LogP contribution in [0.5, 0.6) is 5.75 Å². The van der Waals surface area contributed by atoms with Gasteiger partial charge in [-0.1, -0.05) is 13.0 Å². The van der Waals surface area contributed by atoms with Gasteiger partial charge in [0, 0.05) is 13.7 Å². The van der Waals surface area contributed by atoms with Gasteiger partial charge < -0.3 is 15.2 Å². The zero-order valence-electron chi connectivity index (χ0n) is 11.9. The van der Waals surface area contributed by atoms with Crippen molar-refractivity contribution in [3.05, 3.63) is 18.2 Å². The monoisotopic (exact) mass is 277 g/mol. The molecule has 20 heavy (non-hydrogen) atoms. The number of para-hydroxylation sites is 1. The van der Waals surface area contributed by atoms with Crippen LogP contribution in [0.1, 0.15) is 6.92 Å². The lowest BCUT2D eigenvalue weighted by molar-refractivity contribution is 0.149. The van der Waals surface area contributed by atoms with Gasteiger partial charge in [0.15, 0.2) is 11.6 Å². The fourth-order valence-electron chi connectivity index (χ4n) is 2.11. The Kier molecular flexibility index (Phi) is 4.52. The summed E-state index contributed by atoms with van der Waals surface area (Å²) in [4.78, 5) is 0. The van der Waals surface area contributed by atoms with Crippen molar-refractivity contribution in [3.63, 3.8) is 0 Å². The lowest BCUT2D eigenvalue weighted by atomic mass is 10.1. The zero-order chi connectivity index (χ0) is 14.5. The summed E-state index contributed by atoms with van der Waals surface area (Å²) in [7, 11) is 3.26. The number of tetrazole rings is 1. The molecule has 108 valence electrons. The molecule has 0 radical (unpaired) electrons. The summed E-state index contributed by atoms with van der Waals surface area (Å²) in [5, 5.41) is 11.8. The Bertz CT molecular complexity index is 570. The van der Waals surface area contributed by atoms with E-state index in [1.165, 1.54) is 0 Å². The molecule has 1 aromatic carbocycles. The van der Waals surface area contributed by atoms with E-state index in [-0.39, 0.29) is 0 Å². The highest BCUT2D eigenvalue weighted by Crippen LogP contribution is 2.33. The van der Waals surface area contributed by atoms with E-state index >= 15 is 0 Å². The predicted molar refractivity (Wildman–Crippen MR) is 75.3 cm³/mol. The Morgan fingerprint density at radius 3 is 2.85 bits per heavy atom. The van der Waals surface area contributed by atoms with Gasteiger partial charge in [0.2, 0.25) is 0 Å². The average molecular weight is 277 g/mol. The van der Waals surface area contributed by atoms with Gasteiger partial charge >= 0.3 is 0 Å². The number of nitrogen functional groups attached to an aromatic ring is 1. The first-order valence-corrected chi connectivity index (χ1v) is 6.35. The number of hydrogen-bond acceptors (Lipinski definition) is 6. The van der Waals surface area contributed by atoms with Crippen LogP contribution in [0.25, 0.3) is 11.4 Å². The second kappa shape index (κ2) is 6.33. The van der Waals surface area contributed by atoms with Crippen molar-refractivity contribution >= 4 is 5.69 Å². The number of methoxy groups -OCH3 is 2. The molecule has 0 aliphatic carbocycles. The third kappa shape index (κ3) is 2.88. The molecule has 0 aliphatic heterocycles. The van der Waals surface area contributed by atoms with E-state index in [0.717, 1.165) is 5.56 Å². The molecule has 2 N–H and O–H groups in total. The molecule has 2 aromatic rings. The van der Waals surface area contributed by atoms with E-state index in [2.05, 4.69) is 22.4 Å². The van der Waals surface area contributed by atoms with E-state index in [4.69, 9.17) is 15.2 Å². The van der Waals surface area contributed by atoms with E-state index in [1.807, 2.05) is 12.1 Å². The standard InChI is InChI=1S/C13H19N5O2/c1-9(8-19-2)7-18-13(15-16-17-18)10-5-4-6-11(14)12(10)20-3/h4-6,9H,7-8,14H2,1-3H3. The highest BCUT2D eigenvalue weighted by molar-refractivity contribution is 5.73. The van der Waals surface area contributed by atoms with Crippen LogP contribution in [-0.4, -0.2) is 41.0 Å². The Labute approximate surface area is 117 Å². The SMILES string of the molecule is COCC(C)Cn1nnnc1-c1cccc(N)c1OC. The predicted octanol–water partition coefficient (Wildman–Crippen LogP) is 1.21. The normalized spacial score (nSPS) is 12.3. The summed E-state index contributed by atoms with van der Waals surface area (Å²) >= 11 is 0. The van der Waals surface area contributed by atoms with Crippen LogP contribution in [0.15, 0.2) is 18.2 Å². The fourth-order valence-corrected chi connectivity index (χ4v) is 2.11. The van der Waals surface area contributed by atoms with Gasteiger partial charge in [0.1, 0.15) is 0 Å². The highest BCUT2D eigenvalue weighted by Gasteiger charge is 2.17. The second-order valence-corrected chi connectivity index (χ2v) is 4.67. The molecule has 0 saturated heterocycles. The van der Waals surface area contributed by atoms with Crippen molar-refractivity contribution in [3.8, 4) is 17.1 Å². The van der Waals surface area contributed by atoms with Gasteiger partial charge in [-0.3, -0.25) is 0 Å². The molecule has 0 spiro atoms. The van der Waals surface area contributed by atoms with Crippen LogP contribution >= 0.6 is 0 Å². The number of benzene rings is 1. The van der Waals surface area contributed by atoms with Gasteiger partial charge in [0.05, 0.1) is 25.0 Å². The molecular formula is C13H19N5O2. The number of rotatable bonds is 6. The molecule has 0 amide bonds. The molecule has 1 heterocycles. The molecule has 1 aromatic heterocycles. The summed E-state index contributed by atoms with van der Waals surface area (Å²) < 4.78 is 12.2. The highest BCUT2D eigenvalue weighted by atomic mass is 16.5. The van der Waals surface area contributed by atoms with Crippen LogP contribution < -0.4 is 10.5 Å². The minimum absolute atomic E-state index is 0.300. The maximum absolute atomic E-state index is 5.91. The Hall–Kier alpha value is -2.15. The first-order chi connectivity index (χ1) is 9.67. The van der Waals surface area contributed by atoms with Crippen LogP contribution in [0.4, 0.5) is 5.69 Å². The van der Waals surface area contributed by atoms with Gasteiger partial charge in [-0.2, -0.15) is 0 Å². The average Bonchev–Trinajstić information content (AvgIpc) is 2.86. The van der Waals surface area contributed by atoms with Crippen molar-refractivity contribution in [1.82, 2.24) is 20.2 Å². The van der Waals surface area contributed by atoms with Crippen LogP contribution in [0.2, 0.25) is 0 Å². The van der Waals surface area contributed by atoms with Crippen molar-refractivity contribution in [2.24, 2.45) is 5.92 Å². The van der Waals surface area contributed by atoms with Crippen LogP contribution in [0.3, 0.4) is 0 Å². The third-order valence-corrected chi connectivity index (χ3v) is 2.96. The molecule has 1 atom stereocenters. The maximum Gasteiger partial charge on any atom is 0.185 e. The van der Waals surface area contributed by atoms with Crippen molar-refractivity contribution < 1.29 is 9.47 Å². The number of ether oxygens (including phenoxy) is 2. The largest absolute Gasteiger partial charge is 0.494 e. The first kappa shape index (κ1) is 14.3. The van der Waals surface area contributed by atoms with Crippen molar-refractivity contribution in [2.45, 2.75) is 13.5 Å². The van der Waals surface area contributed by atoms with Gasteiger partial charge in [-0.25, -0.2) is 4.68 Å². The summed E-state index contributed by atoms with van der Waals surface area (Å²) in [6.45, 7) is 3.38. The van der Waals surface area contributed by atoms with Crippen LogP contribution in [0, 0.1) is 5.92 Å². The smallest absolute Gasteiger partial charge is 0.185 e. The van der Waals surface area contributed by atoms with Gasteiger partial charge in [-0.15, -0.1) is 5.10 Å². The number of hydrogen-bond donors (Lipinski definition) is 1. The lowest BCUT2D eigenvalue weighted by Gasteiger charge is -2.13. The Morgan fingerprint density at radius 1 is 1.35 bits per heavy atom. The second-order valence-electron chi connectivity index (χ2n) is 4.67. The summed E-state index contributed by atoms with van der Waals surface area (Å²) in [6, 6.07) is 5.52. The molecule has 0 saturated carbocycles. The first-order valence-electron chi connectivity index (χ1n) is 6.35. The van der Waals surface area contributed by atoms with Crippen molar-refractivity contribution in [2.75, 3.05) is 26.6 Å². The zero-order valence-corrected chi connectivity index (χ0v) is 11.9. The lowest BCUT2D eigenvalue weighted by Crippen LogP contribution is -2.15. The summed E-state index contributed by atoms with van der Waals surface area (Å²) in [5.41, 5.74) is 7.25. The quantitative estimate of drug-likeness (QED) is 0.798. The van der Waals surface area contributed by atoms with E-state index < -0.39 is 0 Å². The summed E-state index contributed by atoms with van der Waals surface area (Å²) in [6.07, 6.45) is 0.